The van der Waals surface area contributed by atoms with Crippen LogP contribution in [0.5, 0.6) is 5.75 Å². The van der Waals surface area contributed by atoms with E-state index in [0.717, 1.165) is 50.9 Å². The molecular formula is C26H39N5O3. The Kier molecular flexibility index (Phi) is 13.3. The average Bonchev–Trinajstić information content (AvgIpc) is 2.86. The van der Waals surface area contributed by atoms with E-state index >= 15 is 0 Å². The van der Waals surface area contributed by atoms with E-state index < -0.39 is 6.04 Å². The number of nitrogens with zero attached hydrogens (tertiary/aromatic N) is 1. The molecule has 6 N–H and O–H groups in total. The van der Waals surface area contributed by atoms with Crippen LogP contribution in [-0.2, 0) is 11.2 Å². The maximum atomic E-state index is 12.9. The van der Waals surface area contributed by atoms with E-state index in [0.29, 0.717) is 18.5 Å². The summed E-state index contributed by atoms with van der Waals surface area (Å²) in [6.07, 6.45) is 11.1. The van der Waals surface area contributed by atoms with Gasteiger partial charge in [0.2, 0.25) is 5.91 Å². The van der Waals surface area contributed by atoms with Gasteiger partial charge in [-0.05, 0) is 68.7 Å². The Hall–Kier alpha value is -2.97. The number of nitrogens with one attached hydrogen (secondary N) is 3. The SMILES string of the molecule is NCCCNCCCCCCCCNC(=O)[C@H](Cc1ccc(O)cc1)NC(=O)c1cccnc1. The number of hydrogen-bond acceptors (Lipinski definition) is 6. The van der Waals surface area contributed by atoms with Gasteiger partial charge in [0, 0.05) is 25.4 Å². The topological polar surface area (TPSA) is 129 Å². The van der Waals surface area contributed by atoms with Crippen LogP contribution >= 0.6 is 0 Å². The lowest BCUT2D eigenvalue weighted by Gasteiger charge is -2.19. The largest absolute Gasteiger partial charge is 0.508 e. The summed E-state index contributed by atoms with van der Waals surface area (Å²) in [5, 5.41) is 18.7. The van der Waals surface area contributed by atoms with Gasteiger partial charge < -0.3 is 26.8 Å². The van der Waals surface area contributed by atoms with Crippen LogP contribution < -0.4 is 21.7 Å². The molecule has 1 heterocycles. The second-order valence-corrected chi connectivity index (χ2v) is 8.44. The lowest BCUT2D eigenvalue weighted by atomic mass is 10.0. The highest BCUT2D eigenvalue weighted by molar-refractivity contribution is 5.97. The Morgan fingerprint density at radius 1 is 0.912 bits per heavy atom. The highest BCUT2D eigenvalue weighted by Gasteiger charge is 2.21. The van der Waals surface area contributed by atoms with Crippen molar-refractivity contribution in [2.45, 2.75) is 57.4 Å². The molecule has 0 radical (unpaired) electrons. The number of carbonyl (C=O) groups excluding carboxylic acids is 2. The first kappa shape index (κ1) is 27.3. The zero-order chi connectivity index (χ0) is 24.4. The number of aromatic hydroxyl groups is 1. The molecule has 0 saturated carbocycles. The van der Waals surface area contributed by atoms with Crippen molar-refractivity contribution in [1.82, 2.24) is 20.9 Å². The van der Waals surface area contributed by atoms with Crippen molar-refractivity contribution in [2.24, 2.45) is 5.73 Å². The van der Waals surface area contributed by atoms with Crippen molar-refractivity contribution < 1.29 is 14.7 Å². The van der Waals surface area contributed by atoms with Gasteiger partial charge in [-0.1, -0.05) is 37.8 Å². The average molecular weight is 470 g/mol. The molecule has 2 amide bonds. The van der Waals surface area contributed by atoms with E-state index in [4.69, 9.17) is 5.73 Å². The van der Waals surface area contributed by atoms with Crippen molar-refractivity contribution in [2.75, 3.05) is 26.2 Å². The molecule has 0 spiro atoms. The van der Waals surface area contributed by atoms with Gasteiger partial charge in [0.1, 0.15) is 11.8 Å². The first-order valence-electron chi connectivity index (χ1n) is 12.3. The molecule has 2 rings (SSSR count). The fourth-order valence-corrected chi connectivity index (χ4v) is 3.58. The smallest absolute Gasteiger partial charge is 0.253 e. The third-order valence-electron chi connectivity index (χ3n) is 5.56. The molecule has 8 nitrogen and oxygen atoms in total. The number of aromatic nitrogens is 1. The molecule has 0 bridgehead atoms. The maximum absolute atomic E-state index is 12.9. The summed E-state index contributed by atoms with van der Waals surface area (Å²) >= 11 is 0. The zero-order valence-corrected chi connectivity index (χ0v) is 20.0. The van der Waals surface area contributed by atoms with Gasteiger partial charge in [0.05, 0.1) is 5.56 Å². The monoisotopic (exact) mass is 469 g/mol. The molecule has 0 fully saturated rings. The highest BCUT2D eigenvalue weighted by atomic mass is 16.3. The van der Waals surface area contributed by atoms with Gasteiger partial charge >= 0.3 is 0 Å². The van der Waals surface area contributed by atoms with Crippen LogP contribution in [0.25, 0.3) is 0 Å². The third-order valence-corrected chi connectivity index (χ3v) is 5.56. The fourth-order valence-electron chi connectivity index (χ4n) is 3.58. The van der Waals surface area contributed by atoms with Crippen LogP contribution in [0.2, 0.25) is 0 Å². The Bertz CT molecular complexity index is 830. The van der Waals surface area contributed by atoms with Crippen molar-refractivity contribution in [3.8, 4) is 5.75 Å². The summed E-state index contributed by atoms with van der Waals surface area (Å²) in [5.74, 6) is -0.398. The summed E-state index contributed by atoms with van der Waals surface area (Å²) in [5.41, 5.74) is 6.73. The van der Waals surface area contributed by atoms with E-state index in [9.17, 15) is 14.7 Å². The number of benzene rings is 1. The number of carbonyl (C=O) groups is 2. The Balaban J connectivity index is 1.72. The van der Waals surface area contributed by atoms with Crippen LogP contribution in [0.15, 0.2) is 48.8 Å². The number of phenolic OH excluding ortho intramolecular Hbond substituents is 1. The van der Waals surface area contributed by atoms with E-state index in [2.05, 4.69) is 20.9 Å². The molecule has 2 aromatic rings. The quantitative estimate of drug-likeness (QED) is 0.226. The van der Waals surface area contributed by atoms with Crippen molar-refractivity contribution in [3.63, 3.8) is 0 Å². The Labute approximate surface area is 202 Å². The lowest BCUT2D eigenvalue weighted by Crippen LogP contribution is -2.48. The summed E-state index contributed by atoms with van der Waals surface area (Å²) in [7, 11) is 0. The molecule has 1 aromatic heterocycles. The van der Waals surface area contributed by atoms with E-state index in [1.54, 1.807) is 42.6 Å². The van der Waals surface area contributed by atoms with Gasteiger partial charge in [0.15, 0.2) is 0 Å². The summed E-state index contributed by atoms with van der Waals surface area (Å²) in [6, 6.07) is 9.27. The molecule has 0 aliphatic heterocycles. The van der Waals surface area contributed by atoms with E-state index in [-0.39, 0.29) is 17.6 Å². The van der Waals surface area contributed by atoms with Crippen molar-refractivity contribution in [1.29, 1.82) is 0 Å². The van der Waals surface area contributed by atoms with Crippen LogP contribution in [0.1, 0.15) is 60.9 Å². The molecule has 8 heteroatoms. The molecule has 0 aliphatic rings. The number of rotatable bonds is 17. The van der Waals surface area contributed by atoms with Crippen LogP contribution in [0.3, 0.4) is 0 Å². The number of nitrogens with two attached hydrogens (primary N) is 1. The number of phenols is 1. The first-order chi connectivity index (χ1) is 16.6. The zero-order valence-electron chi connectivity index (χ0n) is 20.0. The molecule has 1 aromatic carbocycles. The predicted molar refractivity (Wildman–Crippen MR) is 135 cm³/mol. The number of hydrogen-bond donors (Lipinski definition) is 5. The number of amides is 2. The first-order valence-corrected chi connectivity index (χ1v) is 12.3. The molecule has 186 valence electrons. The van der Waals surface area contributed by atoms with Gasteiger partial charge in [-0.25, -0.2) is 0 Å². The van der Waals surface area contributed by atoms with Gasteiger partial charge in [-0.2, -0.15) is 0 Å². The van der Waals surface area contributed by atoms with Gasteiger partial charge in [-0.15, -0.1) is 0 Å². The highest BCUT2D eigenvalue weighted by Crippen LogP contribution is 2.12. The van der Waals surface area contributed by atoms with Crippen LogP contribution in [0.4, 0.5) is 0 Å². The maximum Gasteiger partial charge on any atom is 0.253 e. The van der Waals surface area contributed by atoms with Crippen LogP contribution in [-0.4, -0.2) is 54.1 Å². The van der Waals surface area contributed by atoms with Crippen LogP contribution in [0, 0.1) is 0 Å². The minimum atomic E-state index is -0.719. The second-order valence-electron chi connectivity index (χ2n) is 8.44. The molecular weight excluding hydrogens is 430 g/mol. The molecule has 1 atom stereocenters. The lowest BCUT2D eigenvalue weighted by molar-refractivity contribution is -0.122. The van der Waals surface area contributed by atoms with E-state index in [1.807, 2.05) is 0 Å². The summed E-state index contributed by atoms with van der Waals surface area (Å²) in [4.78, 5) is 29.4. The number of pyridine rings is 1. The molecule has 34 heavy (non-hydrogen) atoms. The molecule has 0 unspecified atom stereocenters. The normalized spacial score (nSPS) is 11.7. The standard InChI is InChI=1S/C26H39N5O3/c27-14-8-17-28-15-5-3-1-2-4-6-18-30-26(34)24(19-21-10-12-23(32)13-11-21)31-25(33)22-9-7-16-29-20-22/h7,9-13,16,20,24,28,32H,1-6,8,14-15,17-19,27H2,(H,30,34)(H,31,33)/t24-/m0/s1. The van der Waals surface area contributed by atoms with Gasteiger partial charge in [-0.3, -0.25) is 14.6 Å². The van der Waals surface area contributed by atoms with Gasteiger partial charge in [0.25, 0.3) is 5.91 Å². The van der Waals surface area contributed by atoms with E-state index in [1.165, 1.54) is 25.5 Å². The summed E-state index contributed by atoms with van der Waals surface area (Å²) < 4.78 is 0. The number of unbranched alkanes of at least 4 members (excludes halogenated alkanes) is 5. The minimum Gasteiger partial charge on any atom is -0.508 e. The summed E-state index contributed by atoms with van der Waals surface area (Å²) in [6.45, 7) is 3.35. The molecule has 0 saturated heterocycles. The molecule has 0 aliphatic carbocycles. The Morgan fingerprint density at radius 2 is 1.59 bits per heavy atom. The minimum absolute atomic E-state index is 0.159. The van der Waals surface area contributed by atoms with Crippen molar-refractivity contribution in [3.05, 3.63) is 59.9 Å². The predicted octanol–water partition coefficient (Wildman–Crippen LogP) is 2.52. The Morgan fingerprint density at radius 3 is 2.26 bits per heavy atom. The third kappa shape index (κ3) is 11.2. The van der Waals surface area contributed by atoms with Crippen molar-refractivity contribution >= 4 is 11.8 Å². The second kappa shape index (κ2) is 16.6. The fraction of sp³-hybridized carbons (Fsp3) is 0.500.